The van der Waals surface area contributed by atoms with E-state index >= 15 is 0 Å². The number of ketones is 1. The largest absolute Gasteiger partial charge is 0.293 e. The van der Waals surface area contributed by atoms with Crippen LogP contribution in [0.25, 0.3) is 0 Å². The number of Topliss-reactive ketones (excluding diaryl/α,β-unsaturated/α-hetero) is 1. The minimum absolute atomic E-state index is 0.0674. The molecule has 0 atom stereocenters. The Balaban J connectivity index is 2.31. The first-order valence-electron chi connectivity index (χ1n) is 5.65. The first-order chi connectivity index (χ1) is 7.03. The van der Waals surface area contributed by atoms with E-state index in [9.17, 15) is 4.79 Å². The van der Waals surface area contributed by atoms with Crippen LogP contribution in [0.3, 0.4) is 0 Å². The van der Waals surface area contributed by atoms with Gasteiger partial charge in [-0.3, -0.25) is 4.79 Å². The number of hydrogen-bond acceptors (Lipinski definition) is 2. The molecule has 1 aliphatic carbocycles. The topological polar surface area (TPSA) is 17.1 Å². The molecule has 1 saturated carbocycles. The van der Waals surface area contributed by atoms with Crippen molar-refractivity contribution in [2.24, 2.45) is 5.41 Å². The van der Waals surface area contributed by atoms with Crippen LogP contribution in [0.1, 0.15) is 52.7 Å². The maximum atomic E-state index is 12.4. The van der Waals surface area contributed by atoms with E-state index in [0.29, 0.717) is 5.78 Å². The molecule has 1 aliphatic rings. The van der Waals surface area contributed by atoms with Crippen molar-refractivity contribution >= 4 is 17.1 Å². The maximum Gasteiger partial charge on any atom is 0.178 e. The summed E-state index contributed by atoms with van der Waals surface area (Å²) in [5.41, 5.74) is 1.10. The fourth-order valence-electron chi connectivity index (χ4n) is 2.52. The molecule has 0 N–H and O–H groups in total. The molecule has 1 fully saturated rings. The fourth-order valence-corrected chi connectivity index (χ4v) is 3.64. The number of carbonyl (C=O) groups excluding carboxylic acids is 1. The average molecular weight is 222 g/mol. The highest BCUT2D eigenvalue weighted by molar-refractivity contribution is 7.14. The summed E-state index contributed by atoms with van der Waals surface area (Å²) in [5, 5.41) is 0. The van der Waals surface area contributed by atoms with E-state index in [1.54, 1.807) is 11.3 Å². The Morgan fingerprint density at radius 2 is 1.93 bits per heavy atom. The summed E-state index contributed by atoms with van der Waals surface area (Å²) in [5.74, 6) is 0.385. The molecule has 1 nitrogen and oxygen atoms in total. The van der Waals surface area contributed by atoms with Crippen LogP contribution >= 0.6 is 11.3 Å². The quantitative estimate of drug-likeness (QED) is 0.688. The van der Waals surface area contributed by atoms with E-state index in [1.807, 2.05) is 0 Å². The second-order valence-electron chi connectivity index (χ2n) is 4.97. The number of aryl methyl sites for hydroxylation is 2. The SMILES string of the molecule is Cc1cc(C)c(C(=O)C2(C)CCCC2)s1. The van der Waals surface area contributed by atoms with Crippen molar-refractivity contribution in [3.63, 3.8) is 0 Å². The molecule has 0 aromatic carbocycles. The second-order valence-corrected chi connectivity index (χ2v) is 6.22. The van der Waals surface area contributed by atoms with Gasteiger partial charge in [-0.2, -0.15) is 0 Å². The van der Waals surface area contributed by atoms with Crippen molar-refractivity contribution in [1.29, 1.82) is 0 Å². The van der Waals surface area contributed by atoms with E-state index in [0.717, 1.165) is 23.3 Å². The minimum atomic E-state index is -0.0674. The summed E-state index contributed by atoms with van der Waals surface area (Å²) in [6.07, 6.45) is 4.57. The molecule has 2 heteroatoms. The summed E-state index contributed by atoms with van der Waals surface area (Å²) in [6.45, 7) is 6.26. The molecular weight excluding hydrogens is 204 g/mol. The molecule has 1 heterocycles. The zero-order chi connectivity index (χ0) is 11.1. The Morgan fingerprint density at radius 3 is 2.40 bits per heavy atom. The van der Waals surface area contributed by atoms with Gasteiger partial charge >= 0.3 is 0 Å². The lowest BCUT2D eigenvalue weighted by Gasteiger charge is -2.21. The average Bonchev–Trinajstić information content (AvgIpc) is 2.73. The zero-order valence-electron chi connectivity index (χ0n) is 9.72. The highest BCUT2D eigenvalue weighted by atomic mass is 32.1. The molecule has 0 amide bonds. The van der Waals surface area contributed by atoms with E-state index in [-0.39, 0.29) is 5.41 Å². The molecule has 15 heavy (non-hydrogen) atoms. The van der Waals surface area contributed by atoms with Crippen LogP contribution in [0.5, 0.6) is 0 Å². The second kappa shape index (κ2) is 3.75. The molecule has 0 unspecified atom stereocenters. The summed E-state index contributed by atoms with van der Waals surface area (Å²) in [6, 6.07) is 2.12. The molecule has 0 aliphatic heterocycles. The standard InChI is InChI=1S/C13H18OS/c1-9-8-10(2)15-11(9)12(14)13(3)6-4-5-7-13/h8H,4-7H2,1-3H3. The lowest BCUT2D eigenvalue weighted by atomic mass is 9.82. The number of rotatable bonds is 2. The van der Waals surface area contributed by atoms with Crippen molar-refractivity contribution in [2.45, 2.75) is 46.5 Å². The molecule has 0 spiro atoms. The highest BCUT2D eigenvalue weighted by Crippen LogP contribution is 2.42. The Hall–Kier alpha value is -0.630. The Kier molecular flexibility index (Phi) is 2.72. The van der Waals surface area contributed by atoms with Crippen LogP contribution < -0.4 is 0 Å². The van der Waals surface area contributed by atoms with Gasteiger partial charge in [0.05, 0.1) is 4.88 Å². The van der Waals surface area contributed by atoms with Gasteiger partial charge in [0.25, 0.3) is 0 Å². The highest BCUT2D eigenvalue weighted by Gasteiger charge is 2.37. The number of carbonyl (C=O) groups is 1. The van der Waals surface area contributed by atoms with Crippen molar-refractivity contribution < 1.29 is 4.79 Å². The van der Waals surface area contributed by atoms with E-state index in [1.165, 1.54) is 17.7 Å². The van der Waals surface area contributed by atoms with Crippen LogP contribution in [0.15, 0.2) is 6.07 Å². The van der Waals surface area contributed by atoms with Crippen molar-refractivity contribution in [3.05, 3.63) is 21.4 Å². The molecular formula is C13H18OS. The summed E-state index contributed by atoms with van der Waals surface area (Å²) >= 11 is 1.66. The molecule has 0 radical (unpaired) electrons. The predicted molar refractivity (Wildman–Crippen MR) is 64.7 cm³/mol. The van der Waals surface area contributed by atoms with Crippen molar-refractivity contribution in [1.82, 2.24) is 0 Å². The van der Waals surface area contributed by atoms with E-state index in [2.05, 4.69) is 26.8 Å². The Labute approximate surface area is 95.5 Å². The maximum absolute atomic E-state index is 12.4. The first-order valence-corrected chi connectivity index (χ1v) is 6.46. The molecule has 1 aromatic heterocycles. The third-order valence-corrected chi connectivity index (χ3v) is 4.65. The summed E-state index contributed by atoms with van der Waals surface area (Å²) in [4.78, 5) is 14.7. The van der Waals surface area contributed by atoms with Gasteiger partial charge in [0.2, 0.25) is 0 Å². The molecule has 2 rings (SSSR count). The van der Waals surface area contributed by atoms with Gasteiger partial charge in [-0.15, -0.1) is 11.3 Å². The van der Waals surface area contributed by atoms with Gasteiger partial charge in [0.1, 0.15) is 0 Å². The Bertz CT molecular complexity index is 383. The molecule has 82 valence electrons. The predicted octanol–water partition coefficient (Wildman–Crippen LogP) is 4.13. The van der Waals surface area contributed by atoms with Crippen LogP contribution in [0.4, 0.5) is 0 Å². The lowest BCUT2D eigenvalue weighted by Crippen LogP contribution is -2.23. The third-order valence-electron chi connectivity index (χ3n) is 3.50. The van der Waals surface area contributed by atoms with E-state index in [4.69, 9.17) is 0 Å². The smallest absolute Gasteiger partial charge is 0.178 e. The lowest BCUT2D eigenvalue weighted by molar-refractivity contribution is 0.0827. The van der Waals surface area contributed by atoms with Gasteiger partial charge in [0, 0.05) is 10.3 Å². The third kappa shape index (κ3) is 1.87. The molecule has 0 saturated heterocycles. The van der Waals surface area contributed by atoms with Gasteiger partial charge in [-0.05, 0) is 38.3 Å². The number of thiophene rings is 1. The monoisotopic (exact) mass is 222 g/mol. The summed E-state index contributed by atoms with van der Waals surface area (Å²) in [7, 11) is 0. The van der Waals surface area contributed by atoms with Crippen molar-refractivity contribution in [2.75, 3.05) is 0 Å². The fraction of sp³-hybridized carbons (Fsp3) is 0.615. The molecule has 0 bridgehead atoms. The van der Waals surface area contributed by atoms with Gasteiger partial charge in [-0.1, -0.05) is 19.8 Å². The van der Waals surface area contributed by atoms with Gasteiger partial charge in [0.15, 0.2) is 5.78 Å². The first kappa shape index (κ1) is 10.9. The van der Waals surface area contributed by atoms with Gasteiger partial charge < -0.3 is 0 Å². The van der Waals surface area contributed by atoms with Crippen LogP contribution in [0.2, 0.25) is 0 Å². The number of hydrogen-bond donors (Lipinski definition) is 0. The van der Waals surface area contributed by atoms with Gasteiger partial charge in [-0.25, -0.2) is 0 Å². The molecule has 1 aromatic rings. The van der Waals surface area contributed by atoms with E-state index < -0.39 is 0 Å². The summed E-state index contributed by atoms with van der Waals surface area (Å²) < 4.78 is 0. The van der Waals surface area contributed by atoms with Crippen LogP contribution in [0, 0.1) is 19.3 Å². The minimum Gasteiger partial charge on any atom is -0.293 e. The normalized spacial score (nSPS) is 19.4. The van der Waals surface area contributed by atoms with Crippen LogP contribution in [-0.4, -0.2) is 5.78 Å². The van der Waals surface area contributed by atoms with Crippen LogP contribution in [-0.2, 0) is 0 Å². The van der Waals surface area contributed by atoms with Crippen molar-refractivity contribution in [3.8, 4) is 0 Å². The Morgan fingerprint density at radius 1 is 1.33 bits per heavy atom. The zero-order valence-corrected chi connectivity index (χ0v) is 10.5.